The molecule has 1 aromatic rings. The van der Waals surface area contributed by atoms with Crippen LogP contribution >= 0.6 is 11.3 Å². The minimum absolute atomic E-state index is 0.0324. The smallest absolute Gasteiger partial charge is 0.315 e. The Morgan fingerprint density at radius 2 is 2.19 bits per heavy atom. The lowest BCUT2D eigenvalue weighted by atomic mass is 10.2. The molecule has 0 spiro atoms. The largest absolute Gasteiger partial charge is 0.335 e. The summed E-state index contributed by atoms with van der Waals surface area (Å²) >= 11 is 1.65. The molecule has 1 aromatic heterocycles. The third-order valence-electron chi connectivity index (χ3n) is 2.59. The van der Waals surface area contributed by atoms with Gasteiger partial charge in [-0.25, -0.2) is 9.78 Å². The number of aryl methyl sites for hydroxylation is 2. The van der Waals surface area contributed by atoms with E-state index in [1.165, 1.54) is 0 Å². The molecule has 4 nitrogen and oxygen atoms in total. The van der Waals surface area contributed by atoms with Crippen molar-refractivity contribution in [1.29, 1.82) is 0 Å². The van der Waals surface area contributed by atoms with Gasteiger partial charge in [-0.05, 0) is 33.6 Å². The van der Waals surface area contributed by atoms with E-state index >= 15 is 0 Å². The first-order chi connectivity index (χ1) is 7.56. The number of hydrogen-bond donors (Lipinski definition) is 2. The maximum Gasteiger partial charge on any atom is 0.315 e. The Hall–Kier alpha value is -1.10. The fraction of sp³-hybridized carbons (Fsp3) is 0.636. The molecule has 1 saturated carbocycles. The lowest BCUT2D eigenvalue weighted by molar-refractivity contribution is 0.237. The van der Waals surface area contributed by atoms with Crippen LogP contribution in [-0.2, 0) is 0 Å². The van der Waals surface area contributed by atoms with Crippen LogP contribution < -0.4 is 10.6 Å². The average Bonchev–Trinajstić information content (AvgIpc) is 2.90. The third-order valence-corrected chi connectivity index (χ3v) is 3.85. The maximum atomic E-state index is 11.6. The summed E-state index contributed by atoms with van der Waals surface area (Å²) in [5.74, 6) is 0. The summed E-state index contributed by atoms with van der Waals surface area (Å²) < 4.78 is 0. The zero-order valence-corrected chi connectivity index (χ0v) is 10.6. The highest BCUT2D eigenvalue weighted by molar-refractivity contribution is 7.11. The Bertz CT molecular complexity index is 398. The van der Waals surface area contributed by atoms with Crippen molar-refractivity contribution < 1.29 is 4.79 Å². The van der Waals surface area contributed by atoms with Gasteiger partial charge in [0.2, 0.25) is 0 Å². The predicted octanol–water partition coefficient (Wildman–Crippen LogP) is 2.28. The summed E-state index contributed by atoms with van der Waals surface area (Å²) in [6.07, 6.45) is 2.22. The summed E-state index contributed by atoms with van der Waals surface area (Å²) in [6, 6.07) is 0.363. The van der Waals surface area contributed by atoms with Crippen molar-refractivity contribution in [3.63, 3.8) is 0 Å². The number of amides is 2. The first-order valence-corrected chi connectivity index (χ1v) is 6.39. The topological polar surface area (TPSA) is 54.0 Å². The number of thiazole rings is 1. The standard InChI is InChI=1S/C11H17N3OS/c1-6-10(16-8(3)12-6)7(2)13-11(15)14-9-4-5-9/h7,9H,4-5H2,1-3H3,(H2,13,14,15). The molecule has 0 aromatic carbocycles. The quantitative estimate of drug-likeness (QED) is 0.850. The number of hydrogen-bond acceptors (Lipinski definition) is 3. The van der Waals surface area contributed by atoms with Gasteiger partial charge in [-0.3, -0.25) is 0 Å². The number of rotatable bonds is 3. The Morgan fingerprint density at radius 3 is 2.69 bits per heavy atom. The molecular weight excluding hydrogens is 222 g/mol. The van der Waals surface area contributed by atoms with Gasteiger partial charge in [-0.1, -0.05) is 0 Å². The van der Waals surface area contributed by atoms with Gasteiger partial charge in [-0.15, -0.1) is 11.3 Å². The molecule has 0 aliphatic heterocycles. The van der Waals surface area contributed by atoms with Gasteiger partial charge in [0.25, 0.3) is 0 Å². The Balaban J connectivity index is 1.93. The van der Waals surface area contributed by atoms with E-state index in [0.717, 1.165) is 28.4 Å². The molecule has 2 rings (SSSR count). The number of nitrogens with one attached hydrogen (secondary N) is 2. The van der Waals surface area contributed by atoms with E-state index in [1.54, 1.807) is 11.3 Å². The van der Waals surface area contributed by atoms with Crippen LogP contribution in [0, 0.1) is 13.8 Å². The molecule has 0 radical (unpaired) electrons. The first kappa shape index (κ1) is 11.4. The lowest BCUT2D eigenvalue weighted by Crippen LogP contribution is -2.38. The zero-order valence-electron chi connectivity index (χ0n) is 9.83. The molecular formula is C11H17N3OS. The zero-order chi connectivity index (χ0) is 11.7. The molecule has 0 saturated heterocycles. The van der Waals surface area contributed by atoms with E-state index in [4.69, 9.17) is 0 Å². The third kappa shape index (κ3) is 2.72. The number of urea groups is 1. The summed E-state index contributed by atoms with van der Waals surface area (Å²) in [6.45, 7) is 5.96. The molecule has 5 heteroatoms. The van der Waals surface area contributed by atoms with E-state index in [0.29, 0.717) is 6.04 Å². The Labute approximate surface area is 99.5 Å². The van der Waals surface area contributed by atoms with Crippen LogP contribution in [0.3, 0.4) is 0 Å². The van der Waals surface area contributed by atoms with Crippen LogP contribution in [0.2, 0.25) is 0 Å². The van der Waals surface area contributed by atoms with Gasteiger partial charge in [0.05, 0.1) is 16.7 Å². The SMILES string of the molecule is Cc1nc(C)c(C(C)NC(=O)NC2CC2)s1. The molecule has 1 aliphatic rings. The number of aromatic nitrogens is 1. The van der Waals surface area contributed by atoms with Gasteiger partial charge in [0.15, 0.2) is 0 Å². The van der Waals surface area contributed by atoms with Crippen molar-refractivity contribution in [3.05, 3.63) is 15.6 Å². The Kier molecular flexibility index (Phi) is 3.14. The molecule has 0 bridgehead atoms. The van der Waals surface area contributed by atoms with Gasteiger partial charge >= 0.3 is 6.03 Å². The second kappa shape index (κ2) is 4.41. The van der Waals surface area contributed by atoms with Crippen molar-refractivity contribution in [3.8, 4) is 0 Å². The minimum atomic E-state index is -0.0690. The van der Waals surface area contributed by atoms with Crippen molar-refractivity contribution in [2.45, 2.75) is 45.7 Å². The molecule has 16 heavy (non-hydrogen) atoms. The summed E-state index contributed by atoms with van der Waals surface area (Å²) in [7, 11) is 0. The van der Waals surface area contributed by atoms with Crippen molar-refractivity contribution in [1.82, 2.24) is 15.6 Å². The predicted molar refractivity (Wildman–Crippen MR) is 64.7 cm³/mol. The van der Waals surface area contributed by atoms with Gasteiger partial charge < -0.3 is 10.6 Å². The molecule has 2 N–H and O–H groups in total. The molecule has 88 valence electrons. The number of nitrogens with zero attached hydrogens (tertiary/aromatic N) is 1. The number of carbonyl (C=O) groups excluding carboxylic acids is 1. The van der Waals surface area contributed by atoms with Gasteiger partial charge in [0.1, 0.15) is 0 Å². The second-order valence-electron chi connectivity index (χ2n) is 4.30. The normalized spacial score (nSPS) is 16.9. The van der Waals surface area contributed by atoms with E-state index in [1.807, 2.05) is 20.8 Å². The highest BCUT2D eigenvalue weighted by Gasteiger charge is 2.24. The maximum absolute atomic E-state index is 11.6. The van der Waals surface area contributed by atoms with E-state index in [2.05, 4.69) is 15.6 Å². The first-order valence-electron chi connectivity index (χ1n) is 5.57. The molecule has 1 fully saturated rings. The Morgan fingerprint density at radius 1 is 1.50 bits per heavy atom. The molecule has 1 heterocycles. The van der Waals surface area contributed by atoms with Crippen molar-refractivity contribution in [2.24, 2.45) is 0 Å². The molecule has 1 atom stereocenters. The second-order valence-corrected chi connectivity index (χ2v) is 5.53. The number of carbonyl (C=O) groups is 1. The van der Waals surface area contributed by atoms with Crippen LogP contribution in [0.4, 0.5) is 4.79 Å². The van der Waals surface area contributed by atoms with E-state index < -0.39 is 0 Å². The van der Waals surface area contributed by atoms with Gasteiger partial charge in [-0.2, -0.15) is 0 Å². The monoisotopic (exact) mass is 239 g/mol. The average molecular weight is 239 g/mol. The summed E-state index contributed by atoms with van der Waals surface area (Å²) in [5.41, 5.74) is 1.02. The molecule has 1 unspecified atom stereocenters. The summed E-state index contributed by atoms with van der Waals surface area (Å²) in [4.78, 5) is 17.1. The van der Waals surface area contributed by atoms with Crippen LogP contribution in [0.15, 0.2) is 0 Å². The van der Waals surface area contributed by atoms with Gasteiger partial charge in [0, 0.05) is 10.9 Å². The van der Waals surface area contributed by atoms with Crippen LogP contribution in [0.5, 0.6) is 0 Å². The highest BCUT2D eigenvalue weighted by Crippen LogP contribution is 2.24. The van der Waals surface area contributed by atoms with Crippen LogP contribution in [0.1, 0.15) is 41.4 Å². The van der Waals surface area contributed by atoms with E-state index in [9.17, 15) is 4.79 Å². The van der Waals surface area contributed by atoms with Crippen LogP contribution in [-0.4, -0.2) is 17.1 Å². The fourth-order valence-corrected chi connectivity index (χ4v) is 2.60. The highest BCUT2D eigenvalue weighted by atomic mass is 32.1. The van der Waals surface area contributed by atoms with Crippen LogP contribution in [0.25, 0.3) is 0 Å². The van der Waals surface area contributed by atoms with Crippen molar-refractivity contribution >= 4 is 17.4 Å². The lowest BCUT2D eigenvalue weighted by Gasteiger charge is -2.13. The van der Waals surface area contributed by atoms with Crippen molar-refractivity contribution in [2.75, 3.05) is 0 Å². The minimum Gasteiger partial charge on any atom is -0.335 e. The summed E-state index contributed by atoms with van der Waals surface area (Å²) in [5, 5.41) is 6.90. The fourth-order valence-electron chi connectivity index (χ4n) is 1.67. The van der Waals surface area contributed by atoms with E-state index in [-0.39, 0.29) is 12.1 Å². The molecule has 2 amide bonds. The molecule has 1 aliphatic carbocycles.